The Labute approximate surface area is 199 Å². The first-order chi connectivity index (χ1) is 10.8. The zero-order valence-corrected chi connectivity index (χ0v) is 24.0. The molecule has 6 nitrogen and oxygen atoms in total. The smallest absolute Gasteiger partial charge is 0.744 e. The largest absolute Gasteiger partial charge is 2.00 e. The van der Waals surface area contributed by atoms with E-state index >= 15 is 0 Å². The van der Waals surface area contributed by atoms with Crippen LogP contribution in [0.1, 0.15) is 0 Å². The number of rotatable bonds is 2. The summed E-state index contributed by atoms with van der Waals surface area (Å²) in [5, 5.41) is 0. The molecule has 132 valence electrons. The summed E-state index contributed by atoms with van der Waals surface area (Å²) in [6.07, 6.45) is 0. The molecule has 0 saturated carbocycles. The molecule has 0 N–H and O–H groups in total. The molecule has 0 fully saturated rings. The van der Waals surface area contributed by atoms with Crippen molar-refractivity contribution >= 4 is 84.0 Å². The van der Waals surface area contributed by atoms with Crippen molar-refractivity contribution in [1.82, 2.24) is 0 Å². The SMILES string of the molecule is O=S(=O)([O-])c1cc(Br)ccc1Br.O=S(=O)([O-])c1cc(Br)ccc1Br.[Cd+2]. The summed E-state index contributed by atoms with van der Waals surface area (Å²) in [5.74, 6) is 0. The van der Waals surface area contributed by atoms with Crippen LogP contribution < -0.4 is 0 Å². The van der Waals surface area contributed by atoms with Gasteiger partial charge in [0.2, 0.25) is 0 Å². The molecule has 0 aliphatic carbocycles. The van der Waals surface area contributed by atoms with Crippen molar-refractivity contribution in [3.05, 3.63) is 54.3 Å². The fourth-order valence-corrected chi connectivity index (χ4v) is 5.20. The van der Waals surface area contributed by atoms with Gasteiger partial charge in [-0.05, 0) is 68.3 Å². The molecule has 0 aliphatic heterocycles. The van der Waals surface area contributed by atoms with Crippen molar-refractivity contribution in [2.45, 2.75) is 9.79 Å². The Kier molecular flexibility index (Phi) is 11.1. The van der Waals surface area contributed by atoms with Gasteiger partial charge in [-0.2, -0.15) is 0 Å². The van der Waals surface area contributed by atoms with E-state index in [2.05, 4.69) is 63.7 Å². The van der Waals surface area contributed by atoms with Crippen LogP contribution in [0.25, 0.3) is 0 Å². The molecule has 0 saturated heterocycles. The van der Waals surface area contributed by atoms with Gasteiger partial charge >= 0.3 is 27.3 Å². The summed E-state index contributed by atoms with van der Waals surface area (Å²) < 4.78 is 65.3. The van der Waals surface area contributed by atoms with Gasteiger partial charge < -0.3 is 9.11 Å². The summed E-state index contributed by atoms with van der Waals surface area (Å²) in [5.41, 5.74) is 0. The standard InChI is InChI=1S/2C6H4Br2O3S.Cd/c2*7-4-1-2-5(8)6(3-4)12(9,10)11;/h2*1-3H,(H,9,10,11);/q;;+2/p-2. The maximum Gasteiger partial charge on any atom is 2.00 e. The second-order valence-electron chi connectivity index (χ2n) is 4.06. The predicted molar refractivity (Wildman–Crippen MR) is 99.6 cm³/mol. The molecule has 0 amide bonds. The summed E-state index contributed by atoms with van der Waals surface area (Å²) in [6.45, 7) is 0. The molecule has 0 aromatic heterocycles. The van der Waals surface area contributed by atoms with E-state index in [0.29, 0.717) is 8.95 Å². The third-order valence-electron chi connectivity index (χ3n) is 2.33. The molecule has 0 aliphatic rings. The van der Waals surface area contributed by atoms with Gasteiger partial charge in [0.15, 0.2) is 0 Å². The summed E-state index contributed by atoms with van der Waals surface area (Å²) in [6, 6.07) is 8.78. The van der Waals surface area contributed by atoms with Crippen LogP contribution in [0.15, 0.2) is 64.1 Å². The normalized spacial score (nSPS) is 11.1. The Morgan fingerprint density at radius 1 is 0.640 bits per heavy atom. The Morgan fingerprint density at radius 3 is 1.12 bits per heavy atom. The minimum atomic E-state index is -4.38. The third-order valence-corrected chi connectivity index (χ3v) is 6.97. The molecular formula is C12H6Br4CdO6S2. The topological polar surface area (TPSA) is 114 Å². The molecule has 2 rings (SSSR count). The Morgan fingerprint density at radius 2 is 0.920 bits per heavy atom. The van der Waals surface area contributed by atoms with Gasteiger partial charge in [0.05, 0.1) is 9.79 Å². The van der Waals surface area contributed by atoms with Gasteiger partial charge in [-0.3, -0.25) is 0 Å². The van der Waals surface area contributed by atoms with Gasteiger partial charge in [-0.25, -0.2) is 16.8 Å². The van der Waals surface area contributed by atoms with E-state index in [0.717, 1.165) is 0 Å². The number of hydrogen-bond acceptors (Lipinski definition) is 6. The summed E-state index contributed by atoms with van der Waals surface area (Å²) >= 11 is 12.1. The Balaban J connectivity index is 0.000000443. The summed E-state index contributed by atoms with van der Waals surface area (Å²) in [4.78, 5) is -0.506. The van der Waals surface area contributed by atoms with Crippen LogP contribution >= 0.6 is 63.7 Å². The fourth-order valence-electron chi connectivity index (χ4n) is 1.34. The van der Waals surface area contributed by atoms with Crippen molar-refractivity contribution in [1.29, 1.82) is 0 Å². The second-order valence-corrected chi connectivity index (χ2v) is 10.3. The van der Waals surface area contributed by atoms with Crippen LogP contribution in [-0.2, 0) is 47.5 Å². The van der Waals surface area contributed by atoms with Gasteiger partial charge in [0, 0.05) is 17.9 Å². The first kappa shape index (κ1) is 26.1. The molecule has 25 heavy (non-hydrogen) atoms. The van der Waals surface area contributed by atoms with Crippen LogP contribution in [0.2, 0.25) is 0 Å². The molecule has 0 bridgehead atoms. The Bertz CT molecular complexity index is 884. The number of halogens is 4. The van der Waals surface area contributed by atoms with E-state index < -0.39 is 20.2 Å². The minimum absolute atomic E-state index is 0. The third kappa shape index (κ3) is 8.76. The van der Waals surface area contributed by atoms with Crippen molar-refractivity contribution < 1.29 is 53.2 Å². The van der Waals surface area contributed by atoms with E-state index in [-0.39, 0.29) is 46.0 Å². The van der Waals surface area contributed by atoms with Gasteiger partial charge in [0.25, 0.3) is 0 Å². The van der Waals surface area contributed by atoms with E-state index in [9.17, 15) is 25.9 Å². The first-order valence-corrected chi connectivity index (χ1v) is 11.6. The van der Waals surface area contributed by atoms with Crippen molar-refractivity contribution in [3.63, 3.8) is 0 Å². The van der Waals surface area contributed by atoms with Gasteiger partial charge in [-0.15, -0.1) is 0 Å². The van der Waals surface area contributed by atoms with E-state index in [1.165, 1.54) is 24.3 Å². The van der Waals surface area contributed by atoms with Crippen LogP contribution in [0.4, 0.5) is 0 Å². The molecule has 0 heterocycles. The maximum absolute atomic E-state index is 10.6. The van der Waals surface area contributed by atoms with Gasteiger partial charge in [0.1, 0.15) is 20.2 Å². The maximum atomic E-state index is 10.6. The van der Waals surface area contributed by atoms with E-state index in [1.807, 2.05) is 0 Å². The number of hydrogen-bond donors (Lipinski definition) is 0. The molecule has 0 unspecified atom stereocenters. The summed E-state index contributed by atoms with van der Waals surface area (Å²) in [7, 11) is -8.77. The molecule has 2 aromatic carbocycles. The molecular weight excluding hydrogens is 736 g/mol. The molecule has 0 atom stereocenters. The van der Waals surface area contributed by atoms with E-state index in [4.69, 9.17) is 0 Å². The zero-order chi connectivity index (χ0) is 18.7. The van der Waals surface area contributed by atoms with E-state index in [1.54, 1.807) is 12.1 Å². The van der Waals surface area contributed by atoms with Crippen molar-refractivity contribution in [3.8, 4) is 0 Å². The van der Waals surface area contributed by atoms with Gasteiger partial charge in [-0.1, -0.05) is 31.9 Å². The fraction of sp³-hybridized carbons (Fsp3) is 0. The predicted octanol–water partition coefficient (Wildman–Crippen LogP) is 4.23. The quantitative estimate of drug-likeness (QED) is 0.337. The first-order valence-electron chi connectivity index (χ1n) is 5.64. The Hall–Kier alpha value is 1.10. The van der Waals surface area contributed by atoms with Crippen LogP contribution in [0, 0.1) is 0 Å². The number of benzene rings is 2. The molecule has 0 radical (unpaired) electrons. The average Bonchev–Trinajstić information content (AvgIpc) is 2.42. The monoisotopic (exact) mass is 740 g/mol. The van der Waals surface area contributed by atoms with Crippen molar-refractivity contribution in [2.75, 3.05) is 0 Å². The molecule has 2 aromatic rings. The van der Waals surface area contributed by atoms with Crippen molar-refractivity contribution in [2.24, 2.45) is 0 Å². The molecule has 0 spiro atoms. The second kappa shape index (κ2) is 10.6. The average molecular weight is 742 g/mol. The van der Waals surface area contributed by atoms with Crippen LogP contribution in [0.5, 0.6) is 0 Å². The van der Waals surface area contributed by atoms with Crippen LogP contribution in [-0.4, -0.2) is 25.9 Å². The zero-order valence-electron chi connectivity index (χ0n) is 11.9. The van der Waals surface area contributed by atoms with Crippen LogP contribution in [0.3, 0.4) is 0 Å². The minimum Gasteiger partial charge on any atom is -0.744 e. The molecule has 13 heteroatoms.